The Morgan fingerprint density at radius 1 is 1.18 bits per heavy atom. The standard InChI is InChI=1S/C12H20N2O2S/c1-4-10(5-2)13-11-7-6-8-12(9-11)14-17(3,15)16/h6-10,13-14H,4-5H2,1-3H3. The maximum absolute atomic E-state index is 11.1. The molecule has 2 N–H and O–H groups in total. The van der Waals surface area contributed by atoms with Crippen LogP contribution in [0.3, 0.4) is 0 Å². The number of nitrogens with one attached hydrogen (secondary N) is 2. The molecule has 0 unspecified atom stereocenters. The van der Waals surface area contributed by atoms with Crippen LogP contribution in [-0.4, -0.2) is 20.7 Å². The van der Waals surface area contributed by atoms with Crippen LogP contribution in [-0.2, 0) is 10.0 Å². The summed E-state index contributed by atoms with van der Waals surface area (Å²) >= 11 is 0. The van der Waals surface area contributed by atoms with Crippen molar-refractivity contribution in [3.8, 4) is 0 Å². The van der Waals surface area contributed by atoms with Crippen molar-refractivity contribution in [2.24, 2.45) is 0 Å². The Kier molecular flexibility index (Phi) is 4.81. The highest BCUT2D eigenvalue weighted by molar-refractivity contribution is 7.92. The van der Waals surface area contributed by atoms with Crippen LogP contribution in [0, 0.1) is 0 Å². The normalized spacial score (nSPS) is 11.5. The molecular formula is C12H20N2O2S. The molecule has 0 aliphatic heterocycles. The third-order valence-electron chi connectivity index (χ3n) is 2.52. The lowest BCUT2D eigenvalue weighted by Gasteiger charge is -2.16. The Labute approximate surface area is 103 Å². The SMILES string of the molecule is CCC(CC)Nc1cccc(NS(C)(=O)=O)c1. The first-order chi connectivity index (χ1) is 7.94. The first-order valence-electron chi connectivity index (χ1n) is 5.79. The molecule has 0 amide bonds. The molecule has 0 spiro atoms. The smallest absolute Gasteiger partial charge is 0.229 e. The van der Waals surface area contributed by atoms with Gasteiger partial charge in [-0.2, -0.15) is 0 Å². The lowest BCUT2D eigenvalue weighted by Crippen LogP contribution is -2.17. The molecule has 0 bridgehead atoms. The maximum atomic E-state index is 11.1. The summed E-state index contributed by atoms with van der Waals surface area (Å²) in [4.78, 5) is 0. The van der Waals surface area contributed by atoms with Crippen molar-refractivity contribution in [2.75, 3.05) is 16.3 Å². The molecule has 1 rings (SSSR count). The van der Waals surface area contributed by atoms with E-state index in [1.807, 2.05) is 12.1 Å². The van der Waals surface area contributed by atoms with Crippen LogP contribution < -0.4 is 10.0 Å². The minimum atomic E-state index is -3.21. The van der Waals surface area contributed by atoms with Crippen molar-refractivity contribution in [3.05, 3.63) is 24.3 Å². The van der Waals surface area contributed by atoms with Gasteiger partial charge in [0.15, 0.2) is 0 Å². The molecule has 1 aromatic rings. The Morgan fingerprint density at radius 2 is 1.76 bits per heavy atom. The Balaban J connectivity index is 2.79. The summed E-state index contributed by atoms with van der Waals surface area (Å²) in [5.74, 6) is 0. The van der Waals surface area contributed by atoms with E-state index < -0.39 is 10.0 Å². The van der Waals surface area contributed by atoms with Gasteiger partial charge in [-0.25, -0.2) is 8.42 Å². The molecule has 0 aliphatic rings. The number of hydrogen-bond donors (Lipinski definition) is 2. The minimum absolute atomic E-state index is 0.420. The summed E-state index contributed by atoms with van der Waals surface area (Å²) < 4.78 is 24.7. The first-order valence-corrected chi connectivity index (χ1v) is 7.68. The second kappa shape index (κ2) is 5.91. The van der Waals surface area contributed by atoms with E-state index in [4.69, 9.17) is 0 Å². The zero-order chi connectivity index (χ0) is 12.9. The summed E-state index contributed by atoms with van der Waals surface area (Å²) in [5, 5.41) is 3.37. The van der Waals surface area contributed by atoms with Gasteiger partial charge < -0.3 is 5.32 Å². The fourth-order valence-electron chi connectivity index (χ4n) is 1.62. The van der Waals surface area contributed by atoms with Crippen LogP contribution in [0.5, 0.6) is 0 Å². The lowest BCUT2D eigenvalue weighted by atomic mass is 10.1. The predicted molar refractivity (Wildman–Crippen MR) is 72.9 cm³/mol. The van der Waals surface area contributed by atoms with E-state index >= 15 is 0 Å². The molecule has 0 heterocycles. The van der Waals surface area contributed by atoms with E-state index in [-0.39, 0.29) is 0 Å². The highest BCUT2D eigenvalue weighted by atomic mass is 32.2. The van der Waals surface area contributed by atoms with Gasteiger partial charge >= 0.3 is 0 Å². The van der Waals surface area contributed by atoms with Crippen LogP contribution in [0.1, 0.15) is 26.7 Å². The van der Waals surface area contributed by atoms with Crippen LogP contribution in [0.2, 0.25) is 0 Å². The topological polar surface area (TPSA) is 58.2 Å². The van der Waals surface area contributed by atoms with E-state index in [0.717, 1.165) is 24.8 Å². The molecule has 0 radical (unpaired) electrons. The van der Waals surface area contributed by atoms with Gasteiger partial charge in [-0.3, -0.25) is 4.72 Å². The van der Waals surface area contributed by atoms with E-state index in [0.29, 0.717) is 11.7 Å². The Bertz CT molecular complexity index is 453. The zero-order valence-electron chi connectivity index (χ0n) is 10.5. The van der Waals surface area contributed by atoms with Crippen molar-refractivity contribution in [1.82, 2.24) is 0 Å². The van der Waals surface area contributed by atoms with Gasteiger partial charge in [0.2, 0.25) is 10.0 Å². The van der Waals surface area contributed by atoms with Crippen molar-refractivity contribution < 1.29 is 8.42 Å². The molecule has 1 aromatic carbocycles. The Hall–Kier alpha value is -1.23. The average molecular weight is 256 g/mol. The molecule has 96 valence electrons. The van der Waals surface area contributed by atoms with Crippen molar-refractivity contribution in [3.63, 3.8) is 0 Å². The largest absolute Gasteiger partial charge is 0.382 e. The van der Waals surface area contributed by atoms with Crippen molar-refractivity contribution in [2.45, 2.75) is 32.7 Å². The first kappa shape index (κ1) is 13.8. The molecule has 17 heavy (non-hydrogen) atoms. The second-order valence-electron chi connectivity index (χ2n) is 4.11. The lowest BCUT2D eigenvalue weighted by molar-refractivity contribution is 0.607. The fourth-order valence-corrected chi connectivity index (χ4v) is 2.17. The molecule has 4 nitrogen and oxygen atoms in total. The molecule has 0 aliphatic carbocycles. The molecule has 0 atom stereocenters. The number of rotatable bonds is 6. The van der Waals surface area contributed by atoms with Crippen LogP contribution >= 0.6 is 0 Å². The van der Waals surface area contributed by atoms with E-state index in [2.05, 4.69) is 23.9 Å². The van der Waals surface area contributed by atoms with Gasteiger partial charge in [-0.1, -0.05) is 19.9 Å². The van der Waals surface area contributed by atoms with E-state index in [9.17, 15) is 8.42 Å². The average Bonchev–Trinajstić information content (AvgIpc) is 2.24. The molecule has 5 heteroatoms. The third kappa shape index (κ3) is 5.08. The van der Waals surface area contributed by atoms with Crippen molar-refractivity contribution in [1.29, 1.82) is 0 Å². The van der Waals surface area contributed by atoms with Gasteiger partial charge in [0.05, 0.1) is 11.9 Å². The minimum Gasteiger partial charge on any atom is -0.382 e. The van der Waals surface area contributed by atoms with Crippen LogP contribution in [0.15, 0.2) is 24.3 Å². The summed E-state index contributed by atoms with van der Waals surface area (Å²) in [6.45, 7) is 4.25. The summed E-state index contributed by atoms with van der Waals surface area (Å²) in [7, 11) is -3.21. The molecule has 0 fully saturated rings. The number of benzene rings is 1. The second-order valence-corrected chi connectivity index (χ2v) is 5.86. The fraction of sp³-hybridized carbons (Fsp3) is 0.500. The summed E-state index contributed by atoms with van der Waals surface area (Å²) in [6, 6.07) is 7.73. The molecule has 0 aromatic heterocycles. The van der Waals surface area contributed by atoms with Gasteiger partial charge in [0.1, 0.15) is 0 Å². The number of hydrogen-bond acceptors (Lipinski definition) is 3. The monoisotopic (exact) mass is 256 g/mol. The Morgan fingerprint density at radius 3 is 2.29 bits per heavy atom. The highest BCUT2D eigenvalue weighted by Crippen LogP contribution is 2.18. The third-order valence-corrected chi connectivity index (χ3v) is 3.13. The van der Waals surface area contributed by atoms with E-state index in [1.54, 1.807) is 12.1 Å². The molecule has 0 saturated carbocycles. The summed E-state index contributed by atoms with van der Waals surface area (Å²) in [6.07, 6.45) is 3.23. The van der Waals surface area contributed by atoms with Crippen molar-refractivity contribution >= 4 is 21.4 Å². The summed E-state index contributed by atoms with van der Waals surface area (Å²) in [5.41, 5.74) is 1.52. The van der Waals surface area contributed by atoms with Crippen LogP contribution in [0.25, 0.3) is 0 Å². The molecule has 0 saturated heterocycles. The van der Waals surface area contributed by atoms with Crippen LogP contribution in [0.4, 0.5) is 11.4 Å². The number of anilines is 2. The highest BCUT2D eigenvalue weighted by Gasteiger charge is 2.05. The van der Waals surface area contributed by atoms with Gasteiger partial charge in [-0.15, -0.1) is 0 Å². The van der Waals surface area contributed by atoms with Gasteiger partial charge in [-0.05, 0) is 31.0 Å². The molecular weight excluding hydrogens is 236 g/mol. The van der Waals surface area contributed by atoms with E-state index in [1.165, 1.54) is 0 Å². The zero-order valence-corrected chi connectivity index (χ0v) is 11.3. The quantitative estimate of drug-likeness (QED) is 0.822. The van der Waals surface area contributed by atoms with Gasteiger partial charge in [0.25, 0.3) is 0 Å². The predicted octanol–water partition coefficient (Wildman–Crippen LogP) is 2.66. The van der Waals surface area contributed by atoms with Gasteiger partial charge in [0, 0.05) is 11.7 Å². The maximum Gasteiger partial charge on any atom is 0.229 e. The number of sulfonamides is 1.